The first-order chi connectivity index (χ1) is 12.8. The van der Waals surface area contributed by atoms with Crippen LogP contribution in [0.1, 0.15) is 35.4 Å². The van der Waals surface area contributed by atoms with E-state index >= 15 is 0 Å². The molecule has 0 fully saturated rings. The van der Waals surface area contributed by atoms with Gasteiger partial charge in [-0.25, -0.2) is 4.68 Å². The number of aryl methyl sites for hydroxylation is 1. The summed E-state index contributed by atoms with van der Waals surface area (Å²) < 4.78 is 1.81. The maximum Gasteiger partial charge on any atom is 0.224 e. The van der Waals surface area contributed by atoms with Gasteiger partial charge in [-0.1, -0.05) is 42.5 Å². The summed E-state index contributed by atoms with van der Waals surface area (Å²) in [5.74, 6) is 0.483. The number of carbonyl (C=O) groups excluding carboxylic acids is 1. The van der Waals surface area contributed by atoms with Gasteiger partial charge in [0.05, 0.1) is 18.3 Å². The Morgan fingerprint density at radius 1 is 1.12 bits per heavy atom. The topological polar surface area (TPSA) is 46.9 Å². The summed E-state index contributed by atoms with van der Waals surface area (Å²) in [6.07, 6.45) is 7.54. The number of fused-ring (bicyclic) bond motifs is 1. The highest BCUT2D eigenvalue weighted by Gasteiger charge is 2.20. The molecule has 2 aromatic carbocycles. The van der Waals surface area contributed by atoms with E-state index in [0.29, 0.717) is 18.9 Å². The van der Waals surface area contributed by atoms with Gasteiger partial charge in [0, 0.05) is 18.7 Å². The molecule has 1 atom stereocenters. The van der Waals surface area contributed by atoms with E-state index in [2.05, 4.69) is 34.7 Å². The molecular weight excluding hydrogens is 322 g/mol. The third kappa shape index (κ3) is 3.69. The van der Waals surface area contributed by atoms with E-state index in [1.165, 1.54) is 17.5 Å². The minimum atomic E-state index is 0.0562. The number of nitrogens with one attached hydrogen (secondary N) is 1. The maximum absolute atomic E-state index is 12.4. The van der Waals surface area contributed by atoms with Crippen LogP contribution in [0.4, 0.5) is 0 Å². The Balaban J connectivity index is 1.35. The molecule has 0 aliphatic heterocycles. The van der Waals surface area contributed by atoms with Crippen molar-refractivity contribution in [3.63, 3.8) is 0 Å². The molecule has 4 heteroatoms. The average molecular weight is 345 g/mol. The van der Waals surface area contributed by atoms with Crippen molar-refractivity contribution in [1.29, 1.82) is 0 Å². The molecule has 1 aromatic heterocycles. The molecular formula is C22H23N3O. The van der Waals surface area contributed by atoms with Crippen molar-refractivity contribution in [2.75, 3.05) is 6.54 Å². The Labute approximate surface area is 153 Å². The number of hydrogen-bond acceptors (Lipinski definition) is 2. The van der Waals surface area contributed by atoms with E-state index < -0.39 is 0 Å². The van der Waals surface area contributed by atoms with Gasteiger partial charge in [0.2, 0.25) is 5.91 Å². The lowest BCUT2D eigenvalue weighted by molar-refractivity contribution is -0.120. The van der Waals surface area contributed by atoms with Crippen molar-refractivity contribution in [1.82, 2.24) is 15.1 Å². The minimum absolute atomic E-state index is 0.0562. The molecule has 1 amide bonds. The molecule has 1 unspecified atom stereocenters. The molecule has 0 radical (unpaired) electrons. The lowest BCUT2D eigenvalue weighted by atomic mass is 9.83. The van der Waals surface area contributed by atoms with E-state index in [1.54, 1.807) is 10.9 Å². The molecule has 0 bridgehead atoms. The molecule has 1 heterocycles. The number of aromatic nitrogens is 2. The van der Waals surface area contributed by atoms with Gasteiger partial charge in [-0.3, -0.25) is 4.79 Å². The minimum Gasteiger partial charge on any atom is -0.355 e. The summed E-state index contributed by atoms with van der Waals surface area (Å²) in [6, 6.07) is 18.5. The quantitative estimate of drug-likeness (QED) is 0.767. The van der Waals surface area contributed by atoms with E-state index in [9.17, 15) is 4.79 Å². The Morgan fingerprint density at radius 2 is 1.92 bits per heavy atom. The molecule has 4 nitrogen and oxygen atoms in total. The predicted octanol–water partition coefficient (Wildman–Crippen LogP) is 3.65. The molecule has 4 rings (SSSR count). The van der Waals surface area contributed by atoms with Crippen molar-refractivity contribution in [2.24, 2.45) is 0 Å². The number of carbonyl (C=O) groups is 1. The maximum atomic E-state index is 12.4. The molecule has 0 spiro atoms. The van der Waals surface area contributed by atoms with Gasteiger partial charge in [0.15, 0.2) is 0 Å². The normalized spacial score (nSPS) is 16.1. The van der Waals surface area contributed by atoms with Crippen molar-refractivity contribution in [3.8, 4) is 5.69 Å². The molecule has 1 aliphatic carbocycles. The Kier molecular flexibility index (Phi) is 4.82. The fourth-order valence-electron chi connectivity index (χ4n) is 3.72. The second-order valence-corrected chi connectivity index (χ2v) is 6.90. The number of amides is 1. The third-order valence-corrected chi connectivity index (χ3v) is 5.06. The number of hydrogen-bond donors (Lipinski definition) is 1. The van der Waals surface area contributed by atoms with Crippen molar-refractivity contribution < 1.29 is 4.79 Å². The van der Waals surface area contributed by atoms with Gasteiger partial charge >= 0.3 is 0 Å². The summed E-state index contributed by atoms with van der Waals surface area (Å²) in [7, 11) is 0. The van der Waals surface area contributed by atoms with Crippen molar-refractivity contribution in [3.05, 3.63) is 83.7 Å². The Bertz CT molecular complexity index is 885. The summed E-state index contributed by atoms with van der Waals surface area (Å²) in [6.45, 7) is 0.711. The largest absolute Gasteiger partial charge is 0.355 e. The van der Waals surface area contributed by atoms with Crippen LogP contribution in [0, 0.1) is 0 Å². The van der Waals surface area contributed by atoms with Crippen LogP contribution in [0.2, 0.25) is 0 Å². The molecule has 1 aliphatic rings. The van der Waals surface area contributed by atoms with Crippen LogP contribution < -0.4 is 5.32 Å². The number of nitrogens with zero attached hydrogens (tertiary/aromatic N) is 2. The summed E-state index contributed by atoms with van der Waals surface area (Å²) >= 11 is 0. The highest BCUT2D eigenvalue weighted by atomic mass is 16.1. The van der Waals surface area contributed by atoms with Gasteiger partial charge in [-0.05, 0) is 48.1 Å². The Hall–Kier alpha value is -2.88. The predicted molar refractivity (Wildman–Crippen MR) is 102 cm³/mol. The summed E-state index contributed by atoms with van der Waals surface area (Å²) in [5, 5.41) is 7.47. The number of benzene rings is 2. The van der Waals surface area contributed by atoms with E-state index in [1.807, 2.05) is 36.5 Å². The third-order valence-electron chi connectivity index (χ3n) is 5.06. The monoisotopic (exact) mass is 345 g/mol. The van der Waals surface area contributed by atoms with Gasteiger partial charge < -0.3 is 5.32 Å². The van der Waals surface area contributed by atoms with Crippen molar-refractivity contribution in [2.45, 2.75) is 31.6 Å². The zero-order valence-electron chi connectivity index (χ0n) is 14.8. The number of rotatable bonds is 5. The van der Waals surface area contributed by atoms with Crippen LogP contribution in [0.15, 0.2) is 67.0 Å². The molecule has 26 heavy (non-hydrogen) atoms. The SMILES string of the molecule is O=C(Cc1cnn(-c2ccccc2)c1)NCC1CCCc2ccccc21. The lowest BCUT2D eigenvalue weighted by Gasteiger charge is -2.25. The zero-order chi connectivity index (χ0) is 17.8. The fourth-order valence-corrected chi connectivity index (χ4v) is 3.72. The molecule has 1 N–H and O–H groups in total. The van der Waals surface area contributed by atoms with Gasteiger partial charge in [0.1, 0.15) is 0 Å². The van der Waals surface area contributed by atoms with E-state index in [-0.39, 0.29) is 5.91 Å². The Morgan fingerprint density at radius 3 is 2.81 bits per heavy atom. The van der Waals surface area contributed by atoms with Crippen LogP contribution in [-0.4, -0.2) is 22.2 Å². The van der Waals surface area contributed by atoms with Gasteiger partial charge in [-0.15, -0.1) is 0 Å². The first-order valence-electron chi connectivity index (χ1n) is 9.23. The second kappa shape index (κ2) is 7.56. The molecule has 0 saturated carbocycles. The molecule has 0 saturated heterocycles. The zero-order valence-corrected chi connectivity index (χ0v) is 14.8. The van der Waals surface area contributed by atoms with Crippen LogP contribution >= 0.6 is 0 Å². The first kappa shape index (κ1) is 16.6. The van der Waals surface area contributed by atoms with Crippen LogP contribution in [-0.2, 0) is 17.6 Å². The van der Waals surface area contributed by atoms with Crippen LogP contribution in [0.5, 0.6) is 0 Å². The highest BCUT2D eigenvalue weighted by Crippen LogP contribution is 2.30. The van der Waals surface area contributed by atoms with Gasteiger partial charge in [0.25, 0.3) is 0 Å². The summed E-state index contributed by atoms with van der Waals surface area (Å²) in [5.41, 5.74) is 4.76. The fraction of sp³-hybridized carbons (Fsp3) is 0.273. The highest BCUT2D eigenvalue weighted by molar-refractivity contribution is 5.78. The average Bonchev–Trinajstić information content (AvgIpc) is 3.15. The van der Waals surface area contributed by atoms with Crippen molar-refractivity contribution >= 4 is 5.91 Å². The smallest absolute Gasteiger partial charge is 0.224 e. The lowest BCUT2D eigenvalue weighted by Crippen LogP contribution is -2.31. The second-order valence-electron chi connectivity index (χ2n) is 6.90. The molecule has 3 aromatic rings. The summed E-state index contributed by atoms with van der Waals surface area (Å²) in [4.78, 5) is 12.4. The standard InChI is InChI=1S/C22H23N3O/c26-22(13-17-14-24-25(16-17)20-10-2-1-3-11-20)23-15-19-9-6-8-18-7-4-5-12-21(18)19/h1-5,7,10-12,14,16,19H,6,8-9,13,15H2,(H,23,26). The first-order valence-corrected chi connectivity index (χ1v) is 9.23. The molecule has 132 valence electrons. The number of para-hydroxylation sites is 1. The van der Waals surface area contributed by atoms with E-state index in [0.717, 1.165) is 24.1 Å². The van der Waals surface area contributed by atoms with Crippen LogP contribution in [0.3, 0.4) is 0 Å². The van der Waals surface area contributed by atoms with Gasteiger partial charge in [-0.2, -0.15) is 5.10 Å². The van der Waals surface area contributed by atoms with Crippen LogP contribution in [0.25, 0.3) is 5.69 Å². The van der Waals surface area contributed by atoms with E-state index in [4.69, 9.17) is 0 Å².